The fourth-order valence-electron chi connectivity index (χ4n) is 3.58. The molecule has 0 atom stereocenters. The fourth-order valence-corrected chi connectivity index (χ4v) is 5.53. The van der Waals surface area contributed by atoms with Gasteiger partial charge in [0.15, 0.2) is 14.6 Å². The summed E-state index contributed by atoms with van der Waals surface area (Å²) in [4.78, 5) is 14.9. The Kier molecular flexibility index (Phi) is 6.80. The Morgan fingerprint density at radius 1 is 1.07 bits per heavy atom. The number of likely N-dealkylation sites (tertiary alicyclic amines) is 1. The summed E-state index contributed by atoms with van der Waals surface area (Å²) in [5.41, 5.74) is 0. The van der Waals surface area contributed by atoms with Gasteiger partial charge in [0, 0.05) is 13.1 Å². The summed E-state index contributed by atoms with van der Waals surface area (Å²) in [6, 6.07) is 15.3. The first-order chi connectivity index (χ1) is 14.4. The van der Waals surface area contributed by atoms with E-state index in [2.05, 4.69) is 5.92 Å². The lowest BCUT2D eigenvalue weighted by molar-refractivity contribution is -0.147. The monoisotopic (exact) mass is 427 g/mol. The minimum atomic E-state index is -3.98. The predicted octanol–water partition coefficient (Wildman–Crippen LogP) is 3.28. The van der Waals surface area contributed by atoms with Crippen molar-refractivity contribution in [3.05, 3.63) is 54.6 Å². The lowest BCUT2D eigenvalue weighted by Gasteiger charge is -2.38. The fraction of sp³-hybridized carbons (Fsp3) is 0.348. The first-order valence-corrected chi connectivity index (χ1v) is 11.3. The molecule has 1 heterocycles. The highest BCUT2D eigenvalue weighted by Crippen LogP contribution is 2.37. The van der Waals surface area contributed by atoms with Crippen LogP contribution in [0.25, 0.3) is 0 Å². The Morgan fingerprint density at radius 2 is 1.67 bits per heavy atom. The summed E-state index contributed by atoms with van der Waals surface area (Å²) in [6.07, 6.45) is 5.64. The Hall–Kier alpha value is -2.82. The van der Waals surface area contributed by atoms with Crippen molar-refractivity contribution in [1.82, 2.24) is 4.90 Å². The molecule has 2 aromatic rings. The van der Waals surface area contributed by atoms with Gasteiger partial charge in [-0.3, -0.25) is 9.69 Å². The highest BCUT2D eigenvalue weighted by molar-refractivity contribution is 7.93. The van der Waals surface area contributed by atoms with E-state index in [0.717, 1.165) is 0 Å². The zero-order valence-electron chi connectivity index (χ0n) is 16.9. The molecule has 3 rings (SSSR count). The topological polar surface area (TPSA) is 72.9 Å². The second-order valence-corrected chi connectivity index (χ2v) is 9.34. The van der Waals surface area contributed by atoms with Gasteiger partial charge in [-0.2, -0.15) is 0 Å². The number of esters is 1. The van der Waals surface area contributed by atoms with Crippen molar-refractivity contribution in [2.75, 3.05) is 26.2 Å². The van der Waals surface area contributed by atoms with Crippen LogP contribution in [0.4, 0.5) is 0 Å². The molecule has 7 heteroatoms. The number of hydrogen-bond acceptors (Lipinski definition) is 6. The van der Waals surface area contributed by atoms with Crippen LogP contribution >= 0.6 is 0 Å². The van der Waals surface area contributed by atoms with Crippen LogP contribution in [0.1, 0.15) is 19.8 Å². The molecule has 1 saturated heterocycles. The number of sulfone groups is 1. The van der Waals surface area contributed by atoms with Gasteiger partial charge in [-0.15, -0.1) is 6.42 Å². The first kappa shape index (κ1) is 21.9. The molecule has 0 bridgehead atoms. The number of rotatable bonds is 7. The van der Waals surface area contributed by atoms with Crippen LogP contribution in [0.3, 0.4) is 0 Å². The largest absolute Gasteiger partial charge is 0.465 e. The number of nitrogens with zero attached hydrogens (tertiary/aromatic N) is 1. The van der Waals surface area contributed by atoms with Gasteiger partial charge >= 0.3 is 5.97 Å². The molecule has 0 unspecified atom stereocenters. The number of carbonyl (C=O) groups is 1. The smallest absolute Gasteiger partial charge is 0.327 e. The van der Waals surface area contributed by atoms with E-state index in [1.807, 2.05) is 35.2 Å². The lowest BCUT2D eigenvalue weighted by atomic mass is 9.95. The van der Waals surface area contributed by atoms with Crippen molar-refractivity contribution in [2.24, 2.45) is 0 Å². The Morgan fingerprint density at radius 3 is 2.23 bits per heavy atom. The van der Waals surface area contributed by atoms with Crippen molar-refractivity contribution >= 4 is 15.8 Å². The van der Waals surface area contributed by atoms with Crippen molar-refractivity contribution in [3.63, 3.8) is 0 Å². The summed E-state index contributed by atoms with van der Waals surface area (Å²) < 4.78 is 36.4. The van der Waals surface area contributed by atoms with Crippen LogP contribution < -0.4 is 4.74 Å². The number of ether oxygens (including phenoxy) is 2. The van der Waals surface area contributed by atoms with Crippen LogP contribution in [0, 0.1) is 12.3 Å². The number of piperidine rings is 1. The summed E-state index contributed by atoms with van der Waals surface area (Å²) in [7, 11) is -3.98. The highest BCUT2D eigenvalue weighted by atomic mass is 32.2. The van der Waals surface area contributed by atoms with E-state index < -0.39 is 20.6 Å². The molecule has 0 aliphatic carbocycles. The van der Waals surface area contributed by atoms with E-state index in [1.54, 1.807) is 19.1 Å². The van der Waals surface area contributed by atoms with E-state index in [-0.39, 0.29) is 24.3 Å². The molecule has 0 radical (unpaired) electrons. The molecule has 30 heavy (non-hydrogen) atoms. The van der Waals surface area contributed by atoms with E-state index in [9.17, 15) is 13.2 Å². The molecule has 6 nitrogen and oxygen atoms in total. The first-order valence-electron chi connectivity index (χ1n) is 9.83. The van der Waals surface area contributed by atoms with Gasteiger partial charge in [0.1, 0.15) is 11.5 Å². The number of carbonyl (C=O) groups excluding carboxylic acids is 1. The van der Waals surface area contributed by atoms with Crippen LogP contribution in [-0.4, -0.2) is 50.3 Å². The van der Waals surface area contributed by atoms with Crippen LogP contribution in [0.2, 0.25) is 0 Å². The molecule has 158 valence electrons. The zero-order valence-corrected chi connectivity index (χ0v) is 17.7. The summed E-state index contributed by atoms with van der Waals surface area (Å²) in [6.45, 7) is 3.04. The summed E-state index contributed by atoms with van der Waals surface area (Å²) >= 11 is 0. The van der Waals surface area contributed by atoms with E-state index in [4.69, 9.17) is 15.9 Å². The number of terminal acetylenes is 1. The molecule has 0 aromatic heterocycles. The Balaban J connectivity index is 1.88. The van der Waals surface area contributed by atoms with Gasteiger partial charge in [0.05, 0.1) is 18.0 Å². The van der Waals surface area contributed by atoms with Crippen LogP contribution in [0.15, 0.2) is 59.5 Å². The maximum Gasteiger partial charge on any atom is 0.327 e. The molecule has 1 aliphatic rings. The maximum absolute atomic E-state index is 13.6. The second kappa shape index (κ2) is 9.33. The van der Waals surface area contributed by atoms with Crippen molar-refractivity contribution in [3.8, 4) is 23.8 Å². The van der Waals surface area contributed by atoms with Gasteiger partial charge in [0.2, 0.25) is 0 Å². The van der Waals surface area contributed by atoms with Crippen LogP contribution in [0.5, 0.6) is 11.5 Å². The number of hydrogen-bond donors (Lipinski definition) is 0. The predicted molar refractivity (Wildman–Crippen MR) is 114 cm³/mol. The molecule has 1 fully saturated rings. The third kappa shape index (κ3) is 4.35. The van der Waals surface area contributed by atoms with Gasteiger partial charge in [-0.1, -0.05) is 24.1 Å². The Labute approximate surface area is 177 Å². The highest BCUT2D eigenvalue weighted by Gasteiger charge is 2.54. The van der Waals surface area contributed by atoms with Crippen molar-refractivity contribution < 1.29 is 22.7 Å². The second-order valence-electron chi connectivity index (χ2n) is 7.08. The molecule has 1 aliphatic heterocycles. The average Bonchev–Trinajstić information content (AvgIpc) is 2.76. The van der Waals surface area contributed by atoms with Gasteiger partial charge in [0.25, 0.3) is 0 Å². The molecule has 2 aromatic carbocycles. The minimum Gasteiger partial charge on any atom is -0.465 e. The molecule has 0 amide bonds. The standard InChI is InChI=1S/C23H25NO5S/c1-3-16-24-17-14-23(15-18-24,22(25)28-4-2)30(26,27)21-12-10-20(11-13-21)29-19-8-6-5-7-9-19/h1,5-13H,4,14-18H2,2H3. The summed E-state index contributed by atoms with van der Waals surface area (Å²) in [5, 5.41) is 0. The van der Waals surface area contributed by atoms with Gasteiger partial charge in [-0.25, -0.2) is 8.42 Å². The normalized spacial score (nSPS) is 16.4. The maximum atomic E-state index is 13.6. The van der Waals surface area contributed by atoms with E-state index in [0.29, 0.717) is 31.1 Å². The molecule has 0 N–H and O–H groups in total. The average molecular weight is 428 g/mol. The van der Waals surface area contributed by atoms with Crippen molar-refractivity contribution in [2.45, 2.75) is 29.4 Å². The van der Waals surface area contributed by atoms with Crippen molar-refractivity contribution in [1.29, 1.82) is 0 Å². The quantitative estimate of drug-likeness (QED) is 0.499. The van der Waals surface area contributed by atoms with Crippen LogP contribution in [-0.2, 0) is 19.4 Å². The SMILES string of the molecule is C#CCN1CCC(C(=O)OCC)(S(=O)(=O)c2ccc(Oc3ccccc3)cc2)CC1. The molecule has 0 spiro atoms. The van der Waals surface area contributed by atoms with Gasteiger partial charge in [-0.05, 0) is 56.2 Å². The van der Waals surface area contributed by atoms with Gasteiger partial charge < -0.3 is 9.47 Å². The number of para-hydroxylation sites is 1. The molecular formula is C23H25NO5S. The lowest BCUT2D eigenvalue weighted by Crippen LogP contribution is -2.55. The third-order valence-corrected chi connectivity index (χ3v) is 7.75. The molecular weight excluding hydrogens is 402 g/mol. The number of benzene rings is 2. The third-order valence-electron chi connectivity index (χ3n) is 5.25. The minimum absolute atomic E-state index is 0.0707. The van der Waals surface area contributed by atoms with E-state index >= 15 is 0 Å². The molecule has 0 saturated carbocycles. The van der Waals surface area contributed by atoms with E-state index in [1.165, 1.54) is 12.1 Å². The Bertz CT molecular complexity index is 1000. The summed E-state index contributed by atoms with van der Waals surface area (Å²) in [5.74, 6) is 3.02. The zero-order chi connectivity index (χ0) is 21.6.